The molecule has 1 aromatic carbocycles. The van der Waals surface area contributed by atoms with Gasteiger partial charge in [0.15, 0.2) is 11.6 Å². The number of rotatable bonds is 4. The predicted molar refractivity (Wildman–Crippen MR) is 130 cm³/mol. The van der Waals surface area contributed by atoms with Gasteiger partial charge in [0.25, 0.3) is 0 Å². The van der Waals surface area contributed by atoms with Gasteiger partial charge >= 0.3 is 0 Å². The summed E-state index contributed by atoms with van der Waals surface area (Å²) >= 11 is 0. The van der Waals surface area contributed by atoms with Gasteiger partial charge in [0.2, 0.25) is 0 Å². The number of fused-ring (bicyclic) bond motifs is 1. The third-order valence-corrected chi connectivity index (χ3v) is 7.39. The fourth-order valence-corrected chi connectivity index (χ4v) is 5.21. The van der Waals surface area contributed by atoms with Crippen molar-refractivity contribution < 1.29 is 8.78 Å². The van der Waals surface area contributed by atoms with Crippen LogP contribution in [0, 0.1) is 17.0 Å². The maximum absolute atomic E-state index is 14.5. The molecule has 0 saturated carbocycles. The minimum atomic E-state index is -0.660. The first kappa shape index (κ1) is 23.0. The van der Waals surface area contributed by atoms with E-state index >= 15 is 0 Å². The zero-order valence-electron chi connectivity index (χ0n) is 20.1. The highest BCUT2D eigenvalue weighted by atomic mass is 19.1. The number of hydrogen-bond acceptors (Lipinski definition) is 5. The second-order valence-electron chi connectivity index (χ2n) is 9.88. The molecule has 5 rings (SSSR count). The largest absolute Gasteiger partial charge is 0.233 e. The van der Waals surface area contributed by atoms with Gasteiger partial charge in [0.05, 0.1) is 28.1 Å². The Morgan fingerprint density at radius 3 is 2.46 bits per heavy atom. The van der Waals surface area contributed by atoms with Gasteiger partial charge in [-0.05, 0) is 66.6 Å². The Labute approximate surface area is 202 Å². The molecule has 0 unspecified atom stereocenters. The van der Waals surface area contributed by atoms with Crippen LogP contribution in [-0.4, -0.2) is 29.9 Å². The van der Waals surface area contributed by atoms with Crippen LogP contribution in [0.4, 0.5) is 8.78 Å². The standard InChI is InChI=1S/C27H26F2N6/c1-6-22-30-15-35(34-22)23-12-8-11-21(31-23)27(5)25-17(16(2)14-26(27,3)4)13-20(32-33-25)24-18(28)9-7-10-19(24)29/h6-13,15-16H,1,14H2,2-5H3/t16-,27+/m1/s1. The molecule has 1 aliphatic carbocycles. The zero-order chi connectivity index (χ0) is 25.0. The highest BCUT2D eigenvalue weighted by Crippen LogP contribution is 2.56. The van der Waals surface area contributed by atoms with Crippen LogP contribution >= 0.6 is 0 Å². The minimum absolute atomic E-state index is 0.116. The van der Waals surface area contributed by atoms with E-state index in [2.05, 4.69) is 54.6 Å². The lowest BCUT2D eigenvalue weighted by Gasteiger charge is -2.49. The van der Waals surface area contributed by atoms with Crippen LogP contribution in [0.1, 0.15) is 62.8 Å². The average molecular weight is 473 g/mol. The summed E-state index contributed by atoms with van der Waals surface area (Å²) in [5.41, 5.74) is 1.66. The highest BCUT2D eigenvalue weighted by molar-refractivity contribution is 5.62. The molecule has 0 saturated heterocycles. The van der Waals surface area contributed by atoms with Crippen LogP contribution in [0.25, 0.3) is 23.2 Å². The Morgan fingerprint density at radius 2 is 1.77 bits per heavy atom. The number of benzene rings is 1. The molecule has 35 heavy (non-hydrogen) atoms. The smallest absolute Gasteiger partial charge is 0.173 e. The molecule has 0 amide bonds. The molecule has 6 nitrogen and oxygen atoms in total. The van der Waals surface area contributed by atoms with E-state index in [9.17, 15) is 8.78 Å². The van der Waals surface area contributed by atoms with Crippen molar-refractivity contribution in [2.75, 3.05) is 0 Å². The second kappa shape index (κ2) is 8.15. The van der Waals surface area contributed by atoms with E-state index in [1.54, 1.807) is 23.2 Å². The quantitative estimate of drug-likeness (QED) is 0.371. The summed E-state index contributed by atoms with van der Waals surface area (Å²) in [6.07, 6.45) is 4.01. The third-order valence-electron chi connectivity index (χ3n) is 7.39. The number of hydrogen-bond donors (Lipinski definition) is 0. The molecule has 0 bridgehead atoms. The van der Waals surface area contributed by atoms with Crippen molar-refractivity contribution in [3.63, 3.8) is 0 Å². The Hall–Kier alpha value is -3.81. The van der Waals surface area contributed by atoms with Crippen molar-refractivity contribution in [3.05, 3.63) is 89.8 Å². The predicted octanol–water partition coefficient (Wildman–Crippen LogP) is 5.88. The van der Waals surface area contributed by atoms with E-state index in [-0.39, 0.29) is 22.6 Å². The van der Waals surface area contributed by atoms with Crippen molar-refractivity contribution >= 4 is 6.08 Å². The lowest BCUT2D eigenvalue weighted by molar-refractivity contribution is 0.158. The van der Waals surface area contributed by atoms with E-state index in [0.29, 0.717) is 11.6 Å². The van der Waals surface area contributed by atoms with Crippen LogP contribution in [0.5, 0.6) is 0 Å². The fourth-order valence-electron chi connectivity index (χ4n) is 5.21. The van der Waals surface area contributed by atoms with Crippen molar-refractivity contribution in [2.45, 2.75) is 45.4 Å². The molecule has 4 aromatic rings. The Bertz CT molecular complexity index is 1420. The summed E-state index contributed by atoms with van der Waals surface area (Å²) in [6.45, 7) is 12.3. The highest BCUT2D eigenvalue weighted by Gasteiger charge is 2.52. The maximum Gasteiger partial charge on any atom is 0.173 e. The molecule has 178 valence electrons. The van der Waals surface area contributed by atoms with E-state index in [1.165, 1.54) is 18.2 Å². The molecule has 1 aliphatic rings. The molecule has 3 heterocycles. The van der Waals surface area contributed by atoms with E-state index < -0.39 is 17.0 Å². The molecule has 8 heteroatoms. The zero-order valence-corrected chi connectivity index (χ0v) is 20.1. The molecule has 0 spiro atoms. The fraction of sp³-hybridized carbons (Fsp3) is 0.296. The summed E-state index contributed by atoms with van der Waals surface area (Å²) in [7, 11) is 0. The van der Waals surface area contributed by atoms with Gasteiger partial charge in [0.1, 0.15) is 18.0 Å². The Kier molecular flexibility index (Phi) is 5.34. The van der Waals surface area contributed by atoms with Crippen molar-refractivity contribution in [2.24, 2.45) is 5.41 Å². The van der Waals surface area contributed by atoms with Crippen LogP contribution < -0.4 is 0 Å². The molecule has 3 aromatic heterocycles. The Balaban J connectivity index is 1.68. The van der Waals surface area contributed by atoms with Crippen LogP contribution in [0.2, 0.25) is 0 Å². The first-order valence-electron chi connectivity index (χ1n) is 11.5. The topological polar surface area (TPSA) is 69.4 Å². The van der Waals surface area contributed by atoms with Gasteiger partial charge in [-0.3, -0.25) is 0 Å². The summed E-state index contributed by atoms with van der Waals surface area (Å²) in [5, 5.41) is 13.3. The average Bonchev–Trinajstić information content (AvgIpc) is 3.32. The summed E-state index contributed by atoms with van der Waals surface area (Å²) in [5.74, 6) is -0.0674. The first-order valence-corrected chi connectivity index (χ1v) is 11.5. The van der Waals surface area contributed by atoms with Crippen LogP contribution in [0.3, 0.4) is 0 Å². The van der Waals surface area contributed by atoms with Gasteiger partial charge in [-0.15, -0.1) is 10.2 Å². The molecule has 0 N–H and O–H groups in total. The minimum Gasteiger partial charge on any atom is -0.233 e. The van der Waals surface area contributed by atoms with Gasteiger partial charge in [-0.2, -0.15) is 5.10 Å². The summed E-state index contributed by atoms with van der Waals surface area (Å²) < 4.78 is 30.6. The third kappa shape index (κ3) is 3.55. The molecular weight excluding hydrogens is 446 g/mol. The van der Waals surface area contributed by atoms with E-state index in [4.69, 9.17) is 4.98 Å². The van der Waals surface area contributed by atoms with Crippen LogP contribution in [-0.2, 0) is 5.41 Å². The van der Waals surface area contributed by atoms with Crippen LogP contribution in [0.15, 0.2) is 55.4 Å². The van der Waals surface area contributed by atoms with Gasteiger partial charge < -0.3 is 0 Å². The van der Waals surface area contributed by atoms with E-state index in [1.807, 2.05) is 18.2 Å². The second-order valence-corrected chi connectivity index (χ2v) is 9.88. The number of halogens is 2. The number of pyridine rings is 1. The normalized spacial score (nSPS) is 20.9. The van der Waals surface area contributed by atoms with Crippen molar-refractivity contribution in [1.29, 1.82) is 0 Å². The molecule has 2 atom stereocenters. The molecule has 0 aliphatic heterocycles. The lowest BCUT2D eigenvalue weighted by atomic mass is 9.54. The first-order chi connectivity index (χ1) is 16.7. The monoisotopic (exact) mass is 472 g/mol. The number of aromatic nitrogens is 6. The SMILES string of the molecule is C=Cc1ncn(-c2cccc([C@@]3(C)c4nnc(-c5c(F)cccc5F)cc4[C@H](C)CC3(C)C)n2)n1. The lowest BCUT2D eigenvalue weighted by Crippen LogP contribution is -2.47. The molecule has 0 fully saturated rings. The van der Waals surface area contributed by atoms with Gasteiger partial charge in [-0.25, -0.2) is 23.4 Å². The van der Waals surface area contributed by atoms with Gasteiger partial charge in [-0.1, -0.05) is 39.5 Å². The summed E-state index contributed by atoms with van der Waals surface area (Å²) in [6, 6.07) is 11.4. The van der Waals surface area contributed by atoms with Crippen molar-refractivity contribution in [3.8, 4) is 17.1 Å². The van der Waals surface area contributed by atoms with E-state index in [0.717, 1.165) is 23.4 Å². The van der Waals surface area contributed by atoms with Gasteiger partial charge in [0, 0.05) is 0 Å². The summed E-state index contributed by atoms with van der Waals surface area (Å²) in [4.78, 5) is 9.16. The van der Waals surface area contributed by atoms with Crippen molar-refractivity contribution in [1.82, 2.24) is 29.9 Å². The molecular formula is C27H26F2N6. The molecule has 0 radical (unpaired) electrons. The maximum atomic E-state index is 14.5. The Morgan fingerprint density at radius 1 is 1.06 bits per heavy atom. The number of nitrogens with zero attached hydrogens (tertiary/aromatic N) is 6.